The first-order chi connectivity index (χ1) is 23.6. The predicted molar refractivity (Wildman–Crippen MR) is 200 cm³/mol. The van der Waals surface area contributed by atoms with E-state index in [0.29, 0.717) is 13.0 Å². The van der Waals surface area contributed by atoms with Crippen molar-refractivity contribution in [3.05, 3.63) is 76.4 Å². The lowest BCUT2D eigenvalue weighted by Crippen LogP contribution is -2.58. The highest BCUT2D eigenvalue weighted by Crippen LogP contribution is 2.28. The molecule has 2 aromatic carbocycles. The lowest BCUT2D eigenvalue weighted by atomic mass is 9.85. The second kappa shape index (κ2) is 18.6. The molecule has 5 atom stereocenters. The number of primary amides is 1. The summed E-state index contributed by atoms with van der Waals surface area (Å²) in [4.78, 5) is 58.4. The monoisotopic (exact) mass is 742 g/mol. The van der Waals surface area contributed by atoms with Crippen molar-refractivity contribution < 1.29 is 29.0 Å². The zero-order valence-electron chi connectivity index (χ0n) is 29.9. The molecule has 3 aromatic rings. The van der Waals surface area contributed by atoms with E-state index in [1.165, 1.54) is 4.90 Å². The molecular weight excluding hydrogens is 692 g/mol. The number of benzene rings is 2. The Balaban J connectivity index is 0.00000702. The number of ether oxygens (including phenoxy) is 1. The van der Waals surface area contributed by atoms with Gasteiger partial charge in [-0.25, -0.2) is 4.98 Å². The zero-order chi connectivity index (χ0) is 36.6. The number of aliphatic hydroxyl groups excluding tert-OH is 1. The van der Waals surface area contributed by atoms with Crippen LogP contribution in [0.2, 0.25) is 0 Å². The molecule has 1 aliphatic heterocycles. The Bertz CT molecular complexity index is 1630. The molecule has 278 valence electrons. The number of aliphatic hydroxyl groups is 1. The van der Waals surface area contributed by atoms with E-state index in [1.54, 1.807) is 11.3 Å². The highest BCUT2D eigenvalue weighted by Gasteiger charge is 2.44. The molecule has 1 fully saturated rings. The fourth-order valence-corrected chi connectivity index (χ4v) is 6.64. The topological polar surface area (TPSA) is 190 Å². The first-order valence-electron chi connectivity index (χ1n) is 16.9. The Morgan fingerprint density at radius 1 is 1.06 bits per heavy atom. The Hall–Kier alpha value is -3.88. The van der Waals surface area contributed by atoms with Crippen LogP contribution in [0.3, 0.4) is 0 Å². The number of aromatic nitrogens is 1. The maximum atomic E-state index is 14.0. The van der Waals surface area contributed by atoms with Crippen molar-refractivity contribution in [1.29, 1.82) is 0 Å². The fraction of sp³-hybridized carbons (Fsp3) is 0.486. The maximum Gasteiger partial charge on any atom is 0.246 e. The minimum absolute atomic E-state index is 0. The Morgan fingerprint density at radius 2 is 1.69 bits per heavy atom. The summed E-state index contributed by atoms with van der Waals surface area (Å²) in [7, 11) is 0. The molecule has 51 heavy (non-hydrogen) atoms. The molecule has 0 aliphatic carbocycles. The average Bonchev–Trinajstić information content (AvgIpc) is 3.69. The number of β-amino-alcohol motifs (C(OH)–C–C–N with tert-alkyl or cyclic N) is 1. The van der Waals surface area contributed by atoms with Crippen LogP contribution >= 0.6 is 23.7 Å². The van der Waals surface area contributed by atoms with Gasteiger partial charge >= 0.3 is 0 Å². The highest BCUT2D eigenvalue weighted by atomic mass is 35.5. The number of thiazole rings is 1. The van der Waals surface area contributed by atoms with E-state index < -0.39 is 35.4 Å². The van der Waals surface area contributed by atoms with Crippen LogP contribution in [0.25, 0.3) is 10.4 Å². The van der Waals surface area contributed by atoms with Crippen molar-refractivity contribution >= 4 is 47.4 Å². The van der Waals surface area contributed by atoms with Gasteiger partial charge in [-0.1, -0.05) is 69.3 Å². The summed E-state index contributed by atoms with van der Waals surface area (Å²) in [6.07, 6.45) is -0.328. The van der Waals surface area contributed by atoms with Gasteiger partial charge in [0.2, 0.25) is 23.6 Å². The quantitative estimate of drug-likeness (QED) is 0.157. The molecule has 1 aliphatic rings. The molecule has 0 spiro atoms. The molecule has 4 amide bonds. The molecule has 14 heteroatoms. The number of amides is 4. The summed E-state index contributed by atoms with van der Waals surface area (Å²) in [6.45, 7) is 9.95. The number of nitrogens with one attached hydrogen (secondary N) is 2. The molecule has 12 nitrogen and oxygen atoms in total. The van der Waals surface area contributed by atoms with Crippen LogP contribution in [-0.4, -0.2) is 75.5 Å². The highest BCUT2D eigenvalue weighted by molar-refractivity contribution is 7.13. The standard InChI is InChI=1S/C37H50N6O6S.ClH/c1-22-33(50-21-41-22)27-12-10-25(11-13-27)18-40-35(47)30-17-28(44)19-43(30)36(48)34(37(3,4)5)42-32(46)16-24-6-8-26(9-7-24)20-49-23(2)29(38)14-15-31(39)45;/h6-13,21,23,28-30,34,44H,14-20,38H2,1-5H3,(H2,39,45)(H,40,47)(H,42,46);1H/t23-,28-,29+,30+,34-;/m1./s1. The zero-order valence-corrected chi connectivity index (χ0v) is 31.5. The van der Waals surface area contributed by atoms with E-state index in [2.05, 4.69) is 15.6 Å². The first-order valence-corrected chi connectivity index (χ1v) is 17.8. The maximum absolute atomic E-state index is 14.0. The van der Waals surface area contributed by atoms with Gasteiger partial charge in [-0.3, -0.25) is 19.2 Å². The second-order valence-electron chi connectivity index (χ2n) is 14.1. The Morgan fingerprint density at radius 3 is 2.27 bits per heavy atom. The normalized spacial score (nSPS) is 17.6. The van der Waals surface area contributed by atoms with Crippen molar-refractivity contribution in [3.63, 3.8) is 0 Å². The summed E-state index contributed by atoms with van der Waals surface area (Å²) in [5.41, 5.74) is 17.0. The van der Waals surface area contributed by atoms with Gasteiger partial charge in [-0.05, 0) is 47.9 Å². The summed E-state index contributed by atoms with van der Waals surface area (Å²) in [6, 6.07) is 13.1. The summed E-state index contributed by atoms with van der Waals surface area (Å²) < 4.78 is 5.85. The second-order valence-corrected chi connectivity index (χ2v) is 15.0. The number of likely N-dealkylation sites (tertiary alicyclic amines) is 1. The van der Waals surface area contributed by atoms with Crippen LogP contribution in [-0.2, 0) is 43.5 Å². The number of aryl methyl sites for hydroxylation is 1. The van der Waals surface area contributed by atoms with Crippen molar-refractivity contribution in [2.75, 3.05) is 6.54 Å². The minimum Gasteiger partial charge on any atom is -0.391 e. The van der Waals surface area contributed by atoms with E-state index in [-0.39, 0.29) is 68.7 Å². The van der Waals surface area contributed by atoms with Crippen molar-refractivity contribution in [2.45, 2.75) is 104 Å². The van der Waals surface area contributed by atoms with Crippen LogP contribution < -0.4 is 22.1 Å². The molecule has 4 rings (SSSR count). The van der Waals surface area contributed by atoms with E-state index in [1.807, 2.05) is 88.7 Å². The fourth-order valence-electron chi connectivity index (χ4n) is 5.83. The lowest BCUT2D eigenvalue weighted by molar-refractivity contribution is -0.144. The van der Waals surface area contributed by atoms with Crippen LogP contribution in [0.15, 0.2) is 54.0 Å². The number of hydrogen-bond donors (Lipinski definition) is 5. The average molecular weight is 743 g/mol. The third kappa shape index (κ3) is 11.8. The molecule has 0 bridgehead atoms. The minimum atomic E-state index is -0.925. The van der Waals surface area contributed by atoms with E-state index in [9.17, 15) is 24.3 Å². The summed E-state index contributed by atoms with van der Waals surface area (Å²) in [5.74, 6) is -1.51. The van der Waals surface area contributed by atoms with E-state index in [0.717, 1.165) is 32.8 Å². The molecule has 0 radical (unpaired) electrons. The van der Waals surface area contributed by atoms with Crippen molar-refractivity contribution in [2.24, 2.45) is 16.9 Å². The van der Waals surface area contributed by atoms with Gasteiger partial charge in [0.05, 0.1) is 41.3 Å². The molecule has 7 N–H and O–H groups in total. The molecule has 0 saturated carbocycles. The van der Waals surface area contributed by atoms with Crippen LogP contribution in [0.4, 0.5) is 0 Å². The Labute approximate surface area is 310 Å². The number of halogens is 1. The first kappa shape index (κ1) is 41.5. The van der Waals surface area contributed by atoms with Crippen molar-refractivity contribution in [1.82, 2.24) is 20.5 Å². The van der Waals surface area contributed by atoms with Gasteiger partial charge in [0.1, 0.15) is 12.1 Å². The number of hydrogen-bond acceptors (Lipinski definition) is 9. The van der Waals surface area contributed by atoms with Crippen molar-refractivity contribution in [3.8, 4) is 10.4 Å². The summed E-state index contributed by atoms with van der Waals surface area (Å²) >= 11 is 1.57. The molecule has 0 unspecified atom stereocenters. The lowest BCUT2D eigenvalue weighted by Gasteiger charge is -2.35. The molecule has 1 saturated heterocycles. The third-order valence-electron chi connectivity index (χ3n) is 8.94. The van der Waals surface area contributed by atoms with Crippen LogP contribution in [0.5, 0.6) is 0 Å². The SMILES string of the molecule is Cc1ncsc1-c1ccc(CNC(=O)[C@@H]2C[C@@H](O)CN2C(=O)[C@@H](NC(=O)Cc2ccc(CO[C@H](C)[C@@H](N)CCC(N)=O)cc2)C(C)(C)C)cc1.Cl. The Kier molecular flexibility index (Phi) is 15.1. The van der Waals surface area contributed by atoms with Crippen LogP contribution in [0, 0.1) is 12.3 Å². The molecule has 2 heterocycles. The third-order valence-corrected chi connectivity index (χ3v) is 9.92. The van der Waals surface area contributed by atoms with Crippen LogP contribution in [0.1, 0.15) is 69.3 Å². The van der Waals surface area contributed by atoms with E-state index >= 15 is 0 Å². The summed E-state index contributed by atoms with van der Waals surface area (Å²) in [5, 5.41) is 16.4. The number of carbonyl (C=O) groups is 4. The van der Waals surface area contributed by atoms with Gasteiger partial charge in [0.15, 0.2) is 0 Å². The largest absolute Gasteiger partial charge is 0.391 e. The smallest absolute Gasteiger partial charge is 0.246 e. The van der Waals surface area contributed by atoms with E-state index in [4.69, 9.17) is 16.2 Å². The molecule has 1 aromatic heterocycles. The van der Waals surface area contributed by atoms with Gasteiger partial charge in [0, 0.05) is 32.0 Å². The number of carbonyl (C=O) groups excluding carboxylic acids is 4. The number of nitrogens with two attached hydrogens (primary N) is 2. The van der Waals surface area contributed by atoms with Gasteiger partial charge in [-0.2, -0.15) is 0 Å². The van der Waals surface area contributed by atoms with Gasteiger partial charge in [-0.15, -0.1) is 23.7 Å². The predicted octanol–water partition coefficient (Wildman–Crippen LogP) is 3.39. The molecular formula is C37H51ClN6O6S. The van der Waals surface area contributed by atoms with Gasteiger partial charge < -0.3 is 36.8 Å². The van der Waals surface area contributed by atoms with Gasteiger partial charge in [0.25, 0.3) is 0 Å². The number of rotatable bonds is 15. The number of nitrogens with zero attached hydrogens (tertiary/aromatic N) is 2.